The molecule has 0 aliphatic heterocycles. The van der Waals surface area contributed by atoms with Gasteiger partial charge in [-0.05, 0) is 31.5 Å². The fourth-order valence-electron chi connectivity index (χ4n) is 2.23. The van der Waals surface area contributed by atoms with E-state index < -0.39 is 0 Å². The number of carbonyl (C=O) groups is 1. The molecule has 0 atom stereocenters. The van der Waals surface area contributed by atoms with E-state index in [2.05, 4.69) is 10.5 Å². The number of aryl methyl sites for hydroxylation is 2. The van der Waals surface area contributed by atoms with E-state index in [1.165, 1.54) is 5.56 Å². The van der Waals surface area contributed by atoms with Crippen molar-refractivity contribution in [3.63, 3.8) is 0 Å². The fraction of sp³-hybridized carbons (Fsp3) is 0.111. The molecule has 22 heavy (non-hydrogen) atoms. The normalized spacial score (nSPS) is 10.5. The van der Waals surface area contributed by atoms with Gasteiger partial charge in [0.25, 0.3) is 5.91 Å². The summed E-state index contributed by atoms with van der Waals surface area (Å²) < 4.78 is 5.19. The molecule has 0 fully saturated rings. The van der Waals surface area contributed by atoms with Gasteiger partial charge in [0.15, 0.2) is 0 Å². The molecule has 0 saturated heterocycles. The van der Waals surface area contributed by atoms with Gasteiger partial charge in [0.1, 0.15) is 0 Å². The highest BCUT2D eigenvalue weighted by atomic mass is 16.5. The number of hydrogen-bond donors (Lipinski definition) is 1. The zero-order valence-electron chi connectivity index (χ0n) is 12.5. The summed E-state index contributed by atoms with van der Waals surface area (Å²) in [6.07, 6.45) is 1.61. The molecule has 1 amide bonds. The van der Waals surface area contributed by atoms with Gasteiger partial charge in [0.2, 0.25) is 5.88 Å². The maximum absolute atomic E-state index is 12.3. The lowest BCUT2D eigenvalue weighted by atomic mass is 10.1. The van der Waals surface area contributed by atoms with E-state index in [0.29, 0.717) is 11.4 Å². The Hall–Kier alpha value is -2.88. The number of anilines is 1. The second-order valence-electron chi connectivity index (χ2n) is 5.26. The van der Waals surface area contributed by atoms with Crippen LogP contribution in [0.3, 0.4) is 0 Å². The molecule has 0 aliphatic rings. The van der Waals surface area contributed by atoms with Crippen molar-refractivity contribution in [2.45, 2.75) is 13.8 Å². The molecular formula is C18H16N2O2. The summed E-state index contributed by atoms with van der Waals surface area (Å²) in [4.78, 5) is 12.3. The molecule has 1 heterocycles. The van der Waals surface area contributed by atoms with E-state index in [-0.39, 0.29) is 5.91 Å². The van der Waals surface area contributed by atoms with Crippen LogP contribution in [0.2, 0.25) is 0 Å². The predicted molar refractivity (Wildman–Crippen MR) is 85.8 cm³/mol. The zero-order valence-corrected chi connectivity index (χ0v) is 12.5. The monoisotopic (exact) mass is 292 g/mol. The number of benzene rings is 2. The third-order valence-corrected chi connectivity index (χ3v) is 3.44. The SMILES string of the molecule is Cc1ccc(-c2cnoc2NC(=O)c2cccc(C)c2)cc1. The first-order valence-corrected chi connectivity index (χ1v) is 7.03. The third-order valence-electron chi connectivity index (χ3n) is 3.44. The molecule has 1 N–H and O–H groups in total. The van der Waals surface area contributed by atoms with E-state index in [1.807, 2.05) is 56.3 Å². The van der Waals surface area contributed by atoms with Crippen molar-refractivity contribution in [2.75, 3.05) is 5.32 Å². The van der Waals surface area contributed by atoms with Crippen LogP contribution in [0.5, 0.6) is 0 Å². The summed E-state index contributed by atoms with van der Waals surface area (Å²) in [6.45, 7) is 3.97. The molecule has 3 aromatic rings. The first-order valence-electron chi connectivity index (χ1n) is 7.03. The molecule has 110 valence electrons. The highest BCUT2D eigenvalue weighted by Crippen LogP contribution is 2.28. The number of rotatable bonds is 3. The van der Waals surface area contributed by atoms with Gasteiger partial charge in [-0.3, -0.25) is 10.1 Å². The molecule has 0 radical (unpaired) electrons. The van der Waals surface area contributed by atoms with Gasteiger partial charge in [-0.2, -0.15) is 0 Å². The third kappa shape index (κ3) is 2.91. The molecule has 0 saturated carbocycles. The lowest BCUT2D eigenvalue weighted by Crippen LogP contribution is -2.12. The number of carbonyl (C=O) groups excluding carboxylic acids is 1. The first kappa shape index (κ1) is 14.1. The van der Waals surface area contributed by atoms with Crippen LogP contribution >= 0.6 is 0 Å². The Labute approximate surface area is 128 Å². The van der Waals surface area contributed by atoms with Crippen molar-refractivity contribution in [3.8, 4) is 11.1 Å². The van der Waals surface area contributed by atoms with Gasteiger partial charge in [-0.25, -0.2) is 0 Å². The lowest BCUT2D eigenvalue weighted by molar-refractivity contribution is 0.102. The van der Waals surface area contributed by atoms with E-state index in [0.717, 1.165) is 16.7 Å². The van der Waals surface area contributed by atoms with Crippen molar-refractivity contribution < 1.29 is 9.32 Å². The second kappa shape index (κ2) is 5.85. The number of nitrogens with zero attached hydrogens (tertiary/aromatic N) is 1. The number of hydrogen-bond acceptors (Lipinski definition) is 3. The standard InChI is InChI=1S/C18H16N2O2/c1-12-6-8-14(9-7-12)16-11-19-22-18(16)20-17(21)15-5-3-4-13(2)10-15/h3-11H,1-2H3,(H,20,21). The van der Waals surface area contributed by atoms with E-state index in [4.69, 9.17) is 4.52 Å². The molecule has 0 spiro atoms. The zero-order chi connectivity index (χ0) is 15.5. The molecule has 4 heteroatoms. The van der Waals surface area contributed by atoms with Crippen molar-refractivity contribution in [1.29, 1.82) is 0 Å². The Bertz CT molecular complexity index is 804. The molecule has 0 unspecified atom stereocenters. The van der Waals surface area contributed by atoms with Crippen LogP contribution in [0.1, 0.15) is 21.5 Å². The largest absolute Gasteiger partial charge is 0.338 e. The molecule has 2 aromatic carbocycles. The lowest BCUT2D eigenvalue weighted by Gasteiger charge is -2.05. The van der Waals surface area contributed by atoms with Crippen molar-refractivity contribution in [1.82, 2.24) is 5.16 Å². The second-order valence-corrected chi connectivity index (χ2v) is 5.26. The van der Waals surface area contributed by atoms with Gasteiger partial charge in [-0.15, -0.1) is 0 Å². The van der Waals surface area contributed by atoms with Crippen LogP contribution in [0.15, 0.2) is 59.3 Å². The van der Waals surface area contributed by atoms with Crippen molar-refractivity contribution in [2.24, 2.45) is 0 Å². The van der Waals surface area contributed by atoms with Crippen LogP contribution in [0.4, 0.5) is 5.88 Å². The Morgan fingerprint density at radius 2 is 1.82 bits per heavy atom. The predicted octanol–water partition coefficient (Wildman–Crippen LogP) is 4.21. The average Bonchev–Trinajstić information content (AvgIpc) is 2.96. The highest BCUT2D eigenvalue weighted by Gasteiger charge is 2.14. The Morgan fingerprint density at radius 3 is 2.55 bits per heavy atom. The molecule has 0 bridgehead atoms. The summed E-state index contributed by atoms with van der Waals surface area (Å²) in [7, 11) is 0. The van der Waals surface area contributed by atoms with Crippen LogP contribution in [0.25, 0.3) is 11.1 Å². The van der Waals surface area contributed by atoms with Crippen LogP contribution in [0, 0.1) is 13.8 Å². The minimum atomic E-state index is -0.214. The van der Waals surface area contributed by atoms with Crippen LogP contribution in [-0.2, 0) is 0 Å². The van der Waals surface area contributed by atoms with E-state index >= 15 is 0 Å². The van der Waals surface area contributed by atoms with Gasteiger partial charge in [0, 0.05) is 5.56 Å². The summed E-state index contributed by atoms with van der Waals surface area (Å²) >= 11 is 0. The number of aromatic nitrogens is 1. The summed E-state index contributed by atoms with van der Waals surface area (Å²) in [6, 6.07) is 15.4. The van der Waals surface area contributed by atoms with Gasteiger partial charge in [-0.1, -0.05) is 52.7 Å². The smallest absolute Gasteiger partial charge is 0.258 e. The number of amides is 1. The Kier molecular flexibility index (Phi) is 3.74. The first-order chi connectivity index (χ1) is 10.6. The molecule has 1 aromatic heterocycles. The topological polar surface area (TPSA) is 55.1 Å². The van der Waals surface area contributed by atoms with Gasteiger partial charge < -0.3 is 4.52 Å². The maximum atomic E-state index is 12.3. The minimum absolute atomic E-state index is 0.214. The van der Waals surface area contributed by atoms with Crippen molar-refractivity contribution >= 4 is 11.8 Å². The molecule has 4 nitrogen and oxygen atoms in total. The maximum Gasteiger partial charge on any atom is 0.258 e. The fourth-order valence-corrected chi connectivity index (χ4v) is 2.23. The quantitative estimate of drug-likeness (QED) is 0.786. The van der Waals surface area contributed by atoms with Gasteiger partial charge >= 0.3 is 0 Å². The number of nitrogens with one attached hydrogen (secondary N) is 1. The van der Waals surface area contributed by atoms with Gasteiger partial charge in [0.05, 0.1) is 11.8 Å². The average molecular weight is 292 g/mol. The van der Waals surface area contributed by atoms with E-state index in [1.54, 1.807) is 12.3 Å². The van der Waals surface area contributed by atoms with Crippen LogP contribution in [-0.4, -0.2) is 11.1 Å². The summed E-state index contributed by atoms with van der Waals surface area (Å²) in [5, 5.41) is 6.57. The summed E-state index contributed by atoms with van der Waals surface area (Å²) in [5.41, 5.74) is 4.51. The minimum Gasteiger partial charge on any atom is -0.338 e. The van der Waals surface area contributed by atoms with Crippen LogP contribution < -0.4 is 5.32 Å². The van der Waals surface area contributed by atoms with E-state index in [9.17, 15) is 4.79 Å². The van der Waals surface area contributed by atoms with Crippen molar-refractivity contribution in [3.05, 3.63) is 71.4 Å². The molecule has 0 aliphatic carbocycles. The summed E-state index contributed by atoms with van der Waals surface area (Å²) in [5.74, 6) is 0.143. The Balaban J connectivity index is 1.86. The molecule has 3 rings (SSSR count). The molecular weight excluding hydrogens is 276 g/mol. The highest BCUT2D eigenvalue weighted by molar-refractivity contribution is 6.05. The Morgan fingerprint density at radius 1 is 1.05 bits per heavy atom.